The lowest BCUT2D eigenvalue weighted by Gasteiger charge is -2.16. The summed E-state index contributed by atoms with van der Waals surface area (Å²) in [6.45, 7) is 1.50. The fourth-order valence-corrected chi connectivity index (χ4v) is 3.36. The highest BCUT2D eigenvalue weighted by Gasteiger charge is 2.32. The zero-order valence-electron chi connectivity index (χ0n) is 12.4. The summed E-state index contributed by atoms with van der Waals surface area (Å²) in [6, 6.07) is 0.409. The number of nitrogen functional groups attached to an aromatic ring is 1. The number of rotatable bonds is 3. The van der Waals surface area contributed by atoms with Crippen molar-refractivity contribution >= 4 is 17.6 Å². The number of carbonyl (C=O) groups excluding carboxylic acids is 1. The fourth-order valence-electron chi connectivity index (χ4n) is 3.36. The van der Waals surface area contributed by atoms with E-state index in [1.165, 1.54) is 20.0 Å². The van der Waals surface area contributed by atoms with Crippen molar-refractivity contribution in [2.75, 3.05) is 30.8 Å². The van der Waals surface area contributed by atoms with Gasteiger partial charge in [0.05, 0.1) is 13.2 Å². The molecule has 1 aromatic rings. The van der Waals surface area contributed by atoms with Crippen LogP contribution in [-0.4, -0.2) is 42.0 Å². The van der Waals surface area contributed by atoms with Crippen molar-refractivity contribution in [1.29, 1.82) is 0 Å². The zero-order valence-corrected chi connectivity index (χ0v) is 12.4. The normalized spacial score (nSPS) is 23.0. The minimum Gasteiger partial charge on any atom is -0.465 e. The standard InChI is InChI=1S/C14H23N5O2/c1-21-14(20)11-12(16)19(10-4-2-3-5-10)17-13(11)18-7-6-9(15)8-18/h9-10H,2-8,15-16H2,1H3. The maximum Gasteiger partial charge on any atom is 0.345 e. The van der Waals surface area contributed by atoms with Crippen LogP contribution in [0.1, 0.15) is 48.5 Å². The number of hydrogen-bond acceptors (Lipinski definition) is 6. The van der Waals surface area contributed by atoms with Gasteiger partial charge in [-0.05, 0) is 19.3 Å². The Kier molecular flexibility index (Phi) is 3.75. The maximum absolute atomic E-state index is 12.1. The Bertz CT molecular complexity index is 536. The van der Waals surface area contributed by atoms with Crippen LogP contribution in [0.15, 0.2) is 0 Å². The smallest absolute Gasteiger partial charge is 0.345 e. The maximum atomic E-state index is 12.1. The quantitative estimate of drug-likeness (QED) is 0.803. The Morgan fingerprint density at radius 1 is 1.33 bits per heavy atom. The van der Waals surface area contributed by atoms with E-state index in [1.807, 2.05) is 9.58 Å². The van der Waals surface area contributed by atoms with E-state index in [4.69, 9.17) is 16.2 Å². The van der Waals surface area contributed by atoms with Crippen LogP contribution in [0.2, 0.25) is 0 Å². The molecule has 1 aliphatic carbocycles. The van der Waals surface area contributed by atoms with E-state index in [2.05, 4.69) is 5.10 Å². The number of anilines is 2. The monoisotopic (exact) mass is 293 g/mol. The molecule has 1 aromatic heterocycles. The van der Waals surface area contributed by atoms with E-state index in [9.17, 15) is 4.79 Å². The van der Waals surface area contributed by atoms with Crippen LogP contribution in [0.4, 0.5) is 11.6 Å². The van der Waals surface area contributed by atoms with E-state index < -0.39 is 5.97 Å². The molecule has 1 unspecified atom stereocenters. The molecule has 1 aliphatic heterocycles. The van der Waals surface area contributed by atoms with Gasteiger partial charge in [0.15, 0.2) is 5.82 Å². The lowest BCUT2D eigenvalue weighted by atomic mass is 10.2. The molecule has 4 N–H and O–H groups in total. The van der Waals surface area contributed by atoms with E-state index >= 15 is 0 Å². The highest BCUT2D eigenvalue weighted by Crippen LogP contribution is 2.36. The average molecular weight is 293 g/mol. The molecule has 1 atom stereocenters. The second-order valence-electron chi connectivity index (χ2n) is 5.95. The van der Waals surface area contributed by atoms with Gasteiger partial charge < -0.3 is 21.1 Å². The minimum absolute atomic E-state index is 0.119. The molecule has 116 valence electrons. The summed E-state index contributed by atoms with van der Waals surface area (Å²) < 4.78 is 6.71. The summed E-state index contributed by atoms with van der Waals surface area (Å²) in [5.41, 5.74) is 12.6. The van der Waals surface area contributed by atoms with Gasteiger partial charge in [0.2, 0.25) is 0 Å². The predicted octanol–water partition coefficient (Wildman–Crippen LogP) is 0.904. The summed E-state index contributed by atoms with van der Waals surface area (Å²) in [6.07, 6.45) is 5.39. The molecule has 1 saturated carbocycles. The molecule has 7 heteroatoms. The predicted molar refractivity (Wildman–Crippen MR) is 80.3 cm³/mol. The molecule has 0 radical (unpaired) electrons. The van der Waals surface area contributed by atoms with E-state index in [1.54, 1.807) is 0 Å². The van der Waals surface area contributed by atoms with Gasteiger partial charge in [-0.3, -0.25) is 0 Å². The molecule has 2 aliphatic rings. The largest absolute Gasteiger partial charge is 0.465 e. The molecule has 7 nitrogen and oxygen atoms in total. The van der Waals surface area contributed by atoms with Gasteiger partial charge in [0, 0.05) is 19.1 Å². The molecule has 2 heterocycles. The Morgan fingerprint density at radius 3 is 2.62 bits per heavy atom. The molecule has 21 heavy (non-hydrogen) atoms. The average Bonchev–Trinajstić information content (AvgIpc) is 3.17. The Balaban J connectivity index is 2.00. The number of esters is 1. The Hall–Kier alpha value is -1.76. The van der Waals surface area contributed by atoms with Gasteiger partial charge >= 0.3 is 5.97 Å². The summed E-state index contributed by atoms with van der Waals surface area (Å²) in [4.78, 5) is 14.1. The van der Waals surface area contributed by atoms with Gasteiger partial charge in [0.1, 0.15) is 11.4 Å². The Morgan fingerprint density at radius 2 is 2.05 bits per heavy atom. The summed E-state index contributed by atoms with van der Waals surface area (Å²) in [5.74, 6) is 0.621. The van der Waals surface area contributed by atoms with Crippen LogP contribution in [0.3, 0.4) is 0 Å². The number of nitrogens with zero attached hydrogens (tertiary/aromatic N) is 3. The van der Waals surface area contributed by atoms with E-state index in [0.29, 0.717) is 29.8 Å². The first kappa shape index (κ1) is 14.2. The number of hydrogen-bond donors (Lipinski definition) is 2. The molecular formula is C14H23N5O2. The van der Waals surface area contributed by atoms with Crippen molar-refractivity contribution < 1.29 is 9.53 Å². The molecular weight excluding hydrogens is 270 g/mol. The minimum atomic E-state index is -0.424. The SMILES string of the molecule is COC(=O)c1c(N2CCC(N)C2)nn(C2CCCC2)c1N. The van der Waals surface area contributed by atoms with Crippen molar-refractivity contribution in [3.63, 3.8) is 0 Å². The topological polar surface area (TPSA) is 99.4 Å². The van der Waals surface area contributed by atoms with Gasteiger partial charge in [-0.1, -0.05) is 12.8 Å². The molecule has 0 spiro atoms. The van der Waals surface area contributed by atoms with Crippen LogP contribution in [0.5, 0.6) is 0 Å². The van der Waals surface area contributed by atoms with Gasteiger partial charge in [-0.2, -0.15) is 5.10 Å². The van der Waals surface area contributed by atoms with Crippen LogP contribution in [0.25, 0.3) is 0 Å². The van der Waals surface area contributed by atoms with Gasteiger partial charge in [-0.15, -0.1) is 0 Å². The van der Waals surface area contributed by atoms with Crippen LogP contribution < -0.4 is 16.4 Å². The van der Waals surface area contributed by atoms with E-state index in [0.717, 1.165) is 25.8 Å². The molecule has 2 fully saturated rings. The number of aromatic nitrogens is 2. The first-order valence-electron chi connectivity index (χ1n) is 7.58. The summed E-state index contributed by atoms with van der Waals surface area (Å²) >= 11 is 0. The highest BCUT2D eigenvalue weighted by molar-refractivity contribution is 5.99. The third-order valence-corrected chi connectivity index (χ3v) is 4.51. The number of methoxy groups -OCH3 is 1. The third kappa shape index (κ3) is 2.46. The van der Waals surface area contributed by atoms with Crippen molar-refractivity contribution in [3.05, 3.63) is 5.56 Å². The van der Waals surface area contributed by atoms with Crippen molar-refractivity contribution in [1.82, 2.24) is 9.78 Å². The molecule has 3 rings (SSSR count). The molecule has 0 aromatic carbocycles. The van der Waals surface area contributed by atoms with Crippen molar-refractivity contribution in [3.8, 4) is 0 Å². The van der Waals surface area contributed by atoms with Crippen molar-refractivity contribution in [2.45, 2.75) is 44.2 Å². The van der Waals surface area contributed by atoms with E-state index in [-0.39, 0.29) is 6.04 Å². The first-order valence-corrected chi connectivity index (χ1v) is 7.58. The summed E-state index contributed by atoms with van der Waals surface area (Å²) in [5, 5.41) is 4.64. The number of nitrogens with two attached hydrogens (primary N) is 2. The summed E-state index contributed by atoms with van der Waals surface area (Å²) in [7, 11) is 1.37. The highest BCUT2D eigenvalue weighted by atomic mass is 16.5. The van der Waals surface area contributed by atoms with Gasteiger partial charge in [0.25, 0.3) is 0 Å². The second-order valence-corrected chi connectivity index (χ2v) is 5.95. The molecule has 0 bridgehead atoms. The van der Waals surface area contributed by atoms with Crippen LogP contribution in [0, 0.1) is 0 Å². The van der Waals surface area contributed by atoms with Crippen molar-refractivity contribution in [2.24, 2.45) is 5.73 Å². The fraction of sp³-hybridized carbons (Fsp3) is 0.714. The molecule has 1 saturated heterocycles. The first-order chi connectivity index (χ1) is 10.1. The van der Waals surface area contributed by atoms with Crippen LogP contribution in [-0.2, 0) is 4.74 Å². The third-order valence-electron chi connectivity index (χ3n) is 4.51. The Labute approximate surface area is 124 Å². The van der Waals surface area contributed by atoms with Crippen LogP contribution >= 0.6 is 0 Å². The zero-order chi connectivity index (χ0) is 15.0. The second kappa shape index (κ2) is 5.55. The lowest BCUT2D eigenvalue weighted by molar-refractivity contribution is 0.0602. The molecule has 0 amide bonds. The number of carbonyl (C=O) groups is 1. The number of ether oxygens (including phenoxy) is 1. The lowest BCUT2D eigenvalue weighted by Crippen LogP contribution is -2.27. The van der Waals surface area contributed by atoms with Gasteiger partial charge in [-0.25, -0.2) is 9.48 Å².